The largest absolute Gasteiger partial charge is 0 e. The number of thiol groups is 1. The van der Waals surface area contributed by atoms with Gasteiger partial charge in [-0.15, -0.1) is 0 Å². The van der Waals surface area contributed by atoms with E-state index in [4.69, 9.17) is 4.18 Å². The molecule has 151 valence electrons. The van der Waals surface area contributed by atoms with Crippen LogP contribution in [0.2, 0.25) is 0 Å². The number of aliphatic hydroxyl groups is 1. The number of allylic oxidation sites excluding steroid dienone is 1. The molecule has 0 aromatic rings. The summed E-state index contributed by atoms with van der Waals surface area (Å²) in [6.07, 6.45) is 13.3. The first-order chi connectivity index (χ1) is 12.4. The molecular weight excluding hydrogens is 564 g/mol. The average Bonchev–Trinajstić information content (AvgIpc) is 2.99. The third kappa shape index (κ3) is 3.77. The maximum atomic E-state index is 9.77. The molecule has 0 aromatic heterocycles. The molecule has 0 aromatic carbocycles. The molecule has 0 amide bonds. The zero-order chi connectivity index (χ0) is 18.5. The van der Waals surface area contributed by atoms with Crippen LogP contribution in [0.1, 0.15) is 72.1 Å². The van der Waals surface area contributed by atoms with Gasteiger partial charge >= 0.3 is 146 Å². The molecule has 0 spiro atoms. The second-order valence-corrected chi connectivity index (χ2v) is 11.1. The Kier molecular flexibility index (Phi) is 7.55. The van der Waals surface area contributed by atoms with E-state index < -0.39 is 0 Å². The fourth-order valence-electron chi connectivity index (χ4n) is 7.89. The molecule has 2 nitrogen and oxygen atoms in total. The number of fused-ring (bicyclic) bond motifs is 5. The maximum Gasteiger partial charge on any atom is 0 e. The van der Waals surface area contributed by atoms with Gasteiger partial charge in [0.15, 0.2) is 0 Å². The summed E-state index contributed by atoms with van der Waals surface area (Å²) in [6, 6.07) is 0. The van der Waals surface area contributed by atoms with Crippen molar-refractivity contribution in [2.75, 3.05) is 6.61 Å². The number of rotatable bonds is 3. The molecule has 0 unspecified atom stereocenters. The van der Waals surface area contributed by atoms with Gasteiger partial charge in [-0.1, -0.05) is 6.92 Å². The predicted octanol–water partition coefficient (Wildman–Crippen LogP) is 5.25. The van der Waals surface area contributed by atoms with Gasteiger partial charge in [0.2, 0.25) is 0 Å². The monoisotopic (exact) mass is 600 g/mol. The molecule has 0 aliphatic heterocycles. The van der Waals surface area contributed by atoms with Crippen LogP contribution in [-0.4, -0.2) is 45.1 Å². The van der Waals surface area contributed by atoms with Gasteiger partial charge < -0.3 is 5.11 Å². The fraction of sp³-hybridized carbons (Fsp3) is 0.909. The van der Waals surface area contributed by atoms with Gasteiger partial charge in [-0.2, -0.15) is 0 Å². The smallest absolute Gasteiger partial charge is 0 e. The third-order valence-corrected chi connectivity index (χ3v) is 9.98. The summed E-state index contributed by atoms with van der Waals surface area (Å²) in [7, 11) is 4.24. The molecule has 4 aliphatic carbocycles. The van der Waals surface area contributed by atoms with E-state index in [0.29, 0.717) is 29.5 Å². The van der Waals surface area contributed by atoms with Crippen LogP contribution in [0, 0.1) is 40.4 Å². The predicted molar refractivity (Wildman–Crippen MR) is 118 cm³/mol. The van der Waals surface area contributed by atoms with E-state index in [1.54, 1.807) is 5.57 Å². The molecule has 0 bridgehead atoms. The topological polar surface area (TPSA) is 29.5 Å². The standard InChI is InChI=1S/C22H36O2PS.Tl/c1-14(13-23)18-6-7-19-17-5-4-15-12-16(24-26-25)8-10-21(15,2)20(17)9-11-22(18,19)3;/h4,14,16-20,23,26H,5-13H2,1-3H3;/q-1;/t14-,16+,17+,18-,19+,20+,21+,22-;/m1./s1. The molecule has 4 aliphatic rings. The van der Waals surface area contributed by atoms with E-state index in [9.17, 15) is 5.11 Å². The van der Waals surface area contributed by atoms with Gasteiger partial charge in [0, 0.05) is 33.9 Å². The van der Waals surface area contributed by atoms with Crippen molar-refractivity contribution in [2.24, 2.45) is 40.4 Å². The number of hydrogen-bond donors (Lipinski definition) is 1. The van der Waals surface area contributed by atoms with Crippen molar-refractivity contribution in [2.45, 2.75) is 78.2 Å². The third-order valence-electron chi connectivity index (χ3n) is 9.30. The van der Waals surface area contributed by atoms with Gasteiger partial charge in [-0.25, -0.2) is 0 Å². The Labute approximate surface area is 191 Å². The Morgan fingerprint density at radius 1 is 1.22 bits per heavy atom. The fourth-order valence-corrected chi connectivity index (χ4v) is 8.60. The molecule has 0 heterocycles. The summed E-state index contributed by atoms with van der Waals surface area (Å²) in [5, 5.41) is 9.77. The van der Waals surface area contributed by atoms with Crippen LogP contribution in [0.4, 0.5) is 0 Å². The van der Waals surface area contributed by atoms with Gasteiger partial charge in [0.25, 0.3) is 0 Å². The van der Waals surface area contributed by atoms with Crippen LogP contribution < -0.4 is 0 Å². The van der Waals surface area contributed by atoms with E-state index in [2.05, 4.69) is 34.7 Å². The van der Waals surface area contributed by atoms with Gasteiger partial charge in [0.1, 0.15) is 0 Å². The van der Waals surface area contributed by atoms with Crippen molar-refractivity contribution < 1.29 is 9.29 Å². The first kappa shape index (κ1) is 23.0. The quantitative estimate of drug-likeness (QED) is 0.158. The van der Waals surface area contributed by atoms with Crippen molar-refractivity contribution in [1.82, 2.24) is 0 Å². The van der Waals surface area contributed by atoms with Gasteiger partial charge in [-0.3, -0.25) is 0 Å². The number of aliphatic hydroxyl groups excluding tert-OH is 1. The van der Waals surface area contributed by atoms with Crippen molar-refractivity contribution in [3.63, 3.8) is 0 Å². The second kappa shape index (κ2) is 8.85. The Morgan fingerprint density at radius 3 is 2.70 bits per heavy atom. The SMILES string of the molecule is C[C@H](CO)[C@H]1CC[C@H]2[C@@H]3CC=C4C[C@@H](O[SH-]#P)CC[C@]4(C)[C@H]3CC[C@]12C.[Tl]. The van der Waals surface area contributed by atoms with E-state index >= 15 is 0 Å². The molecule has 1 N–H and O–H groups in total. The summed E-state index contributed by atoms with van der Waals surface area (Å²) in [5.41, 5.74) is 2.54. The molecule has 27 heavy (non-hydrogen) atoms. The minimum Gasteiger partial charge on any atom is 0 e. The van der Waals surface area contributed by atoms with Crippen LogP contribution in [0.3, 0.4) is 0 Å². The van der Waals surface area contributed by atoms with Gasteiger partial charge in [-0.05, 0) is 0 Å². The van der Waals surface area contributed by atoms with Gasteiger partial charge in [0.05, 0.1) is 0 Å². The maximum absolute atomic E-state index is 9.77. The van der Waals surface area contributed by atoms with Crippen molar-refractivity contribution >= 4 is 46.1 Å². The normalized spacial score (nSPS) is 47.1. The van der Waals surface area contributed by atoms with Crippen LogP contribution >= 0.6 is 7.81 Å². The van der Waals surface area contributed by atoms with E-state index in [1.807, 2.05) is 0 Å². The van der Waals surface area contributed by atoms with Crippen LogP contribution in [0.5, 0.6) is 0 Å². The molecule has 5 heteroatoms. The number of hydrogen-bond acceptors (Lipinski definition) is 3. The zero-order valence-corrected chi connectivity index (χ0v) is 23.5. The van der Waals surface area contributed by atoms with Crippen LogP contribution in [-0.2, 0) is 15.2 Å². The molecule has 0 saturated heterocycles. The molecule has 1 radical (unpaired) electrons. The zero-order valence-electron chi connectivity index (χ0n) is 17.2. The molecule has 4 rings (SSSR count). The molecule has 8 atom stereocenters. The van der Waals surface area contributed by atoms with Crippen molar-refractivity contribution in [1.29, 1.82) is 0 Å². The first-order valence-electron chi connectivity index (χ1n) is 10.7. The van der Waals surface area contributed by atoms with Crippen LogP contribution in [0.15, 0.2) is 11.6 Å². The molecule has 3 saturated carbocycles. The molecule has 3 fully saturated rings. The van der Waals surface area contributed by atoms with Crippen molar-refractivity contribution in [3.8, 4) is 0 Å². The Morgan fingerprint density at radius 2 is 2.00 bits per heavy atom. The Bertz CT molecular complexity index is 634. The van der Waals surface area contributed by atoms with Crippen molar-refractivity contribution in [3.05, 3.63) is 11.6 Å². The average molecular weight is 600 g/mol. The Hall–Kier alpha value is 1.36. The summed E-state index contributed by atoms with van der Waals surface area (Å²) in [4.78, 5) is 0. The summed E-state index contributed by atoms with van der Waals surface area (Å²) < 4.78 is 5.82. The minimum absolute atomic E-state index is 0. The van der Waals surface area contributed by atoms with Crippen LogP contribution in [0.25, 0.3) is 0 Å². The van der Waals surface area contributed by atoms with E-state index in [-0.39, 0.29) is 27.3 Å². The summed E-state index contributed by atoms with van der Waals surface area (Å²) in [5.74, 6) is 3.76. The second-order valence-electron chi connectivity index (χ2n) is 10.2. The minimum atomic E-state index is 0. The summed E-state index contributed by atoms with van der Waals surface area (Å²) >= 11 is 0.776. The van der Waals surface area contributed by atoms with E-state index in [0.717, 1.165) is 41.1 Å². The summed E-state index contributed by atoms with van der Waals surface area (Å²) in [6.45, 7) is 7.76. The van der Waals surface area contributed by atoms with E-state index in [1.165, 1.54) is 44.9 Å². The molecular formula is C22H36O2PSTl-. The first-order valence-corrected chi connectivity index (χ1v) is 12.7. The Balaban J connectivity index is 0.00000210.